The molecule has 1 aliphatic rings. The highest BCUT2D eigenvalue weighted by Crippen LogP contribution is 2.22. The average Bonchev–Trinajstić information content (AvgIpc) is 3.20. The lowest BCUT2D eigenvalue weighted by molar-refractivity contribution is -0.128. The monoisotopic (exact) mass is 363 g/mol. The van der Waals surface area contributed by atoms with E-state index in [9.17, 15) is 9.59 Å². The van der Waals surface area contributed by atoms with Crippen LogP contribution < -0.4 is 5.32 Å². The minimum Gasteiger partial charge on any atom is -0.338 e. The molecule has 1 fully saturated rings. The van der Waals surface area contributed by atoms with Crippen molar-refractivity contribution in [1.82, 2.24) is 19.5 Å². The molecule has 0 bridgehead atoms. The van der Waals surface area contributed by atoms with E-state index in [1.807, 2.05) is 56.4 Å². The van der Waals surface area contributed by atoms with Crippen LogP contribution in [0.3, 0.4) is 0 Å². The number of aromatic nitrogens is 3. The summed E-state index contributed by atoms with van der Waals surface area (Å²) in [7, 11) is 0. The summed E-state index contributed by atoms with van der Waals surface area (Å²) in [5.41, 5.74) is 3.99. The Morgan fingerprint density at radius 2 is 1.93 bits per heavy atom. The molecule has 3 aromatic rings. The van der Waals surface area contributed by atoms with Gasteiger partial charge in [0.15, 0.2) is 5.65 Å². The third-order valence-electron chi connectivity index (χ3n) is 4.88. The molecule has 1 saturated heterocycles. The van der Waals surface area contributed by atoms with E-state index < -0.39 is 0 Å². The summed E-state index contributed by atoms with van der Waals surface area (Å²) >= 11 is 0. The molecule has 138 valence electrons. The second-order valence-electron chi connectivity index (χ2n) is 7.11. The quantitative estimate of drug-likeness (QED) is 0.772. The van der Waals surface area contributed by atoms with Crippen molar-refractivity contribution in [3.63, 3.8) is 0 Å². The smallest absolute Gasteiger partial charge is 0.235 e. The van der Waals surface area contributed by atoms with E-state index in [4.69, 9.17) is 0 Å². The van der Waals surface area contributed by atoms with Crippen LogP contribution in [0, 0.1) is 19.8 Å². The number of carbonyl (C=O) groups is 2. The Bertz CT molecular complexity index is 1010. The summed E-state index contributed by atoms with van der Waals surface area (Å²) in [6.07, 6.45) is 2.04. The number of pyridine rings is 1. The average molecular weight is 363 g/mol. The summed E-state index contributed by atoms with van der Waals surface area (Å²) in [5.74, 6) is -0.220. The summed E-state index contributed by atoms with van der Waals surface area (Å²) in [4.78, 5) is 26.7. The van der Waals surface area contributed by atoms with Crippen LogP contribution in [0.5, 0.6) is 0 Å². The van der Waals surface area contributed by atoms with Crippen LogP contribution in [0.15, 0.2) is 42.6 Å². The van der Waals surface area contributed by atoms with Crippen LogP contribution in [0.25, 0.3) is 5.65 Å². The highest BCUT2D eigenvalue weighted by Gasteiger charge is 2.34. The van der Waals surface area contributed by atoms with Crippen molar-refractivity contribution in [3.05, 3.63) is 59.3 Å². The number of amides is 2. The van der Waals surface area contributed by atoms with Crippen LogP contribution in [0.4, 0.5) is 5.95 Å². The maximum Gasteiger partial charge on any atom is 0.235 e. The Kier molecular flexibility index (Phi) is 4.35. The molecule has 7 nitrogen and oxygen atoms in total. The number of rotatable bonds is 4. The first-order chi connectivity index (χ1) is 13.0. The highest BCUT2D eigenvalue weighted by molar-refractivity contribution is 5.96. The van der Waals surface area contributed by atoms with E-state index in [0.717, 1.165) is 11.1 Å². The summed E-state index contributed by atoms with van der Waals surface area (Å²) in [6.45, 7) is 4.94. The van der Waals surface area contributed by atoms with E-state index in [1.165, 1.54) is 5.56 Å². The second-order valence-corrected chi connectivity index (χ2v) is 7.11. The van der Waals surface area contributed by atoms with Gasteiger partial charge < -0.3 is 4.90 Å². The highest BCUT2D eigenvalue weighted by atomic mass is 16.2. The van der Waals surface area contributed by atoms with Gasteiger partial charge in [-0.3, -0.25) is 19.3 Å². The van der Waals surface area contributed by atoms with Crippen LogP contribution in [-0.2, 0) is 16.1 Å². The first kappa shape index (κ1) is 17.2. The molecule has 2 amide bonds. The predicted molar refractivity (Wildman–Crippen MR) is 101 cm³/mol. The molecule has 1 N–H and O–H groups in total. The van der Waals surface area contributed by atoms with Crippen LogP contribution in [-0.4, -0.2) is 37.9 Å². The lowest BCUT2D eigenvalue weighted by atomic mass is 10.1. The van der Waals surface area contributed by atoms with Crippen molar-refractivity contribution in [1.29, 1.82) is 0 Å². The molecule has 0 aliphatic carbocycles. The normalized spacial score (nSPS) is 16.9. The van der Waals surface area contributed by atoms with Gasteiger partial charge in [0, 0.05) is 25.7 Å². The maximum absolute atomic E-state index is 12.6. The molecule has 0 saturated carbocycles. The van der Waals surface area contributed by atoms with Gasteiger partial charge in [-0.2, -0.15) is 0 Å². The summed E-state index contributed by atoms with van der Waals surface area (Å²) in [6, 6.07) is 11.9. The van der Waals surface area contributed by atoms with E-state index >= 15 is 0 Å². The number of hydrogen-bond donors (Lipinski definition) is 1. The second kappa shape index (κ2) is 6.83. The minimum absolute atomic E-state index is 0.00236. The van der Waals surface area contributed by atoms with Crippen LogP contribution >= 0.6 is 0 Å². The summed E-state index contributed by atoms with van der Waals surface area (Å²) < 4.78 is 1.73. The molecule has 1 atom stereocenters. The summed E-state index contributed by atoms with van der Waals surface area (Å²) in [5, 5.41) is 10.9. The molecule has 1 aliphatic heterocycles. The number of nitrogens with zero attached hydrogens (tertiary/aromatic N) is 4. The molecule has 7 heteroatoms. The van der Waals surface area contributed by atoms with Crippen molar-refractivity contribution in [2.45, 2.75) is 26.8 Å². The van der Waals surface area contributed by atoms with Gasteiger partial charge in [-0.15, -0.1) is 10.2 Å². The van der Waals surface area contributed by atoms with Gasteiger partial charge in [0.2, 0.25) is 17.8 Å². The number of anilines is 1. The fraction of sp³-hybridized carbons (Fsp3) is 0.300. The van der Waals surface area contributed by atoms with Gasteiger partial charge in [0.1, 0.15) is 0 Å². The van der Waals surface area contributed by atoms with Gasteiger partial charge in [-0.1, -0.05) is 29.8 Å². The van der Waals surface area contributed by atoms with E-state index in [-0.39, 0.29) is 24.2 Å². The van der Waals surface area contributed by atoms with Gasteiger partial charge in [-0.25, -0.2) is 0 Å². The molecule has 2 aromatic heterocycles. The Labute approximate surface area is 157 Å². The number of nitrogens with one attached hydrogen (secondary N) is 1. The first-order valence-electron chi connectivity index (χ1n) is 8.95. The Morgan fingerprint density at radius 3 is 2.70 bits per heavy atom. The van der Waals surface area contributed by atoms with Gasteiger partial charge >= 0.3 is 0 Å². The topological polar surface area (TPSA) is 79.6 Å². The van der Waals surface area contributed by atoms with Crippen LogP contribution in [0.2, 0.25) is 0 Å². The molecule has 27 heavy (non-hydrogen) atoms. The number of hydrogen-bond acceptors (Lipinski definition) is 4. The Balaban J connectivity index is 1.43. The predicted octanol–water partition coefficient (Wildman–Crippen LogP) is 2.33. The number of likely N-dealkylation sites (tertiary alicyclic amines) is 1. The zero-order valence-electron chi connectivity index (χ0n) is 15.3. The van der Waals surface area contributed by atoms with Crippen molar-refractivity contribution < 1.29 is 9.59 Å². The number of aryl methyl sites for hydroxylation is 2. The maximum atomic E-state index is 12.6. The number of benzene rings is 1. The lowest BCUT2D eigenvalue weighted by Gasteiger charge is -2.16. The fourth-order valence-corrected chi connectivity index (χ4v) is 3.30. The van der Waals surface area contributed by atoms with Gasteiger partial charge in [0.25, 0.3) is 0 Å². The zero-order valence-corrected chi connectivity index (χ0v) is 15.3. The molecule has 4 rings (SSSR count). The Hall–Kier alpha value is -3.22. The van der Waals surface area contributed by atoms with Crippen molar-refractivity contribution in [2.75, 3.05) is 11.9 Å². The van der Waals surface area contributed by atoms with Crippen LogP contribution in [0.1, 0.15) is 23.1 Å². The van der Waals surface area contributed by atoms with Gasteiger partial charge in [0.05, 0.1) is 5.92 Å². The van der Waals surface area contributed by atoms with Gasteiger partial charge in [-0.05, 0) is 37.1 Å². The molecule has 3 heterocycles. The molecular weight excluding hydrogens is 342 g/mol. The molecule has 1 aromatic carbocycles. The third kappa shape index (κ3) is 3.53. The number of carbonyl (C=O) groups excluding carboxylic acids is 2. The standard InChI is InChI=1S/C20H21N5O2/c1-13-3-5-15(6-4-13)11-24-12-16(10-18(24)26)19(27)21-20-23-22-17-9-14(2)7-8-25(17)20/h3-9,16H,10-12H2,1-2H3,(H,21,23,27)/t16-/m0/s1. The minimum atomic E-state index is -0.388. The fourth-order valence-electron chi connectivity index (χ4n) is 3.30. The molecular formula is C20H21N5O2. The van der Waals surface area contributed by atoms with Crippen molar-refractivity contribution >= 4 is 23.4 Å². The van der Waals surface area contributed by atoms with Crippen molar-refractivity contribution in [3.8, 4) is 0 Å². The molecule has 0 radical (unpaired) electrons. The van der Waals surface area contributed by atoms with E-state index in [0.29, 0.717) is 24.7 Å². The first-order valence-corrected chi connectivity index (χ1v) is 8.95. The number of fused-ring (bicyclic) bond motifs is 1. The van der Waals surface area contributed by atoms with Crippen molar-refractivity contribution in [2.24, 2.45) is 5.92 Å². The Morgan fingerprint density at radius 1 is 1.15 bits per heavy atom. The van der Waals surface area contributed by atoms with E-state index in [2.05, 4.69) is 15.5 Å². The molecule has 0 unspecified atom stereocenters. The largest absolute Gasteiger partial charge is 0.338 e. The third-order valence-corrected chi connectivity index (χ3v) is 4.88. The lowest BCUT2D eigenvalue weighted by Crippen LogP contribution is -2.28. The molecule has 0 spiro atoms. The SMILES string of the molecule is Cc1ccc(CN2C[C@@H](C(=O)Nc3nnc4cc(C)ccn34)CC2=O)cc1. The van der Waals surface area contributed by atoms with E-state index in [1.54, 1.807) is 9.30 Å². The zero-order chi connectivity index (χ0) is 19.0.